The number of para-hydroxylation sites is 2. The van der Waals surface area contributed by atoms with Crippen LogP contribution in [0.1, 0.15) is 38.8 Å². The van der Waals surface area contributed by atoms with Crippen molar-refractivity contribution in [2.24, 2.45) is 5.92 Å². The Morgan fingerprint density at radius 3 is 2.28 bits per heavy atom. The van der Waals surface area contributed by atoms with E-state index < -0.39 is 10.0 Å². The first-order valence-electron chi connectivity index (χ1n) is 9.76. The van der Waals surface area contributed by atoms with Crippen LogP contribution in [0.3, 0.4) is 0 Å². The van der Waals surface area contributed by atoms with Gasteiger partial charge < -0.3 is 10.1 Å². The summed E-state index contributed by atoms with van der Waals surface area (Å²) in [4.78, 5) is 12.8. The lowest BCUT2D eigenvalue weighted by molar-refractivity contribution is -0.120. The average molecular weight is 419 g/mol. The molecule has 29 heavy (non-hydrogen) atoms. The molecule has 0 saturated carbocycles. The van der Waals surface area contributed by atoms with Crippen molar-refractivity contribution in [1.29, 1.82) is 0 Å². The highest BCUT2D eigenvalue weighted by atomic mass is 32.2. The molecule has 158 valence electrons. The summed E-state index contributed by atoms with van der Waals surface area (Å²) < 4.78 is 31.5. The van der Waals surface area contributed by atoms with Crippen molar-refractivity contribution in [3.8, 4) is 5.75 Å². The van der Waals surface area contributed by atoms with E-state index in [0.717, 1.165) is 22.5 Å². The molecule has 0 heterocycles. The van der Waals surface area contributed by atoms with Crippen molar-refractivity contribution in [2.45, 2.75) is 33.2 Å². The molecule has 2 aromatic carbocycles. The summed E-state index contributed by atoms with van der Waals surface area (Å²) in [7, 11) is -3.68. The molecule has 6 nitrogen and oxygen atoms in total. The number of ether oxygens (including phenoxy) is 1. The number of carbonyl (C=O) groups excluding carboxylic acids is 1. The molecule has 2 aromatic rings. The molecule has 0 spiro atoms. The molecule has 0 saturated heterocycles. The van der Waals surface area contributed by atoms with Crippen LogP contribution in [0.4, 0.5) is 5.69 Å². The summed E-state index contributed by atoms with van der Waals surface area (Å²) >= 11 is 0. The highest BCUT2D eigenvalue weighted by Crippen LogP contribution is 2.30. The van der Waals surface area contributed by atoms with E-state index in [-0.39, 0.29) is 18.5 Å². The zero-order valence-corrected chi connectivity index (χ0v) is 18.3. The van der Waals surface area contributed by atoms with Crippen LogP contribution in [-0.4, -0.2) is 33.7 Å². The summed E-state index contributed by atoms with van der Waals surface area (Å²) in [5, 5.41) is 3.00. The second-order valence-corrected chi connectivity index (χ2v) is 9.24. The van der Waals surface area contributed by atoms with Crippen molar-refractivity contribution in [1.82, 2.24) is 5.32 Å². The third-order valence-corrected chi connectivity index (χ3v) is 5.49. The summed E-state index contributed by atoms with van der Waals surface area (Å²) in [5.41, 5.74) is 1.35. The monoisotopic (exact) mass is 418 g/mol. The standard InChI is InChI=1S/C22H30N2O4S/c1-5-28-21-14-10-9-13-20(21)24(29(4,26)27)16-22(25)23-19(15-17(2)3)18-11-7-6-8-12-18/h6-14,17,19H,5,15-16H2,1-4H3,(H,23,25)/t19-/m0/s1. The predicted molar refractivity (Wildman–Crippen MR) is 117 cm³/mol. The average Bonchev–Trinajstić information content (AvgIpc) is 2.66. The van der Waals surface area contributed by atoms with Gasteiger partial charge in [-0.05, 0) is 37.0 Å². The van der Waals surface area contributed by atoms with Gasteiger partial charge in [0.2, 0.25) is 15.9 Å². The number of amides is 1. The van der Waals surface area contributed by atoms with Gasteiger partial charge in [-0.1, -0.05) is 56.3 Å². The van der Waals surface area contributed by atoms with Gasteiger partial charge in [0.15, 0.2) is 0 Å². The van der Waals surface area contributed by atoms with E-state index in [4.69, 9.17) is 4.74 Å². The fourth-order valence-corrected chi connectivity index (χ4v) is 3.99. The molecular formula is C22H30N2O4S. The molecule has 0 aliphatic heterocycles. The minimum Gasteiger partial charge on any atom is -0.492 e. The van der Waals surface area contributed by atoms with Gasteiger partial charge in [0.05, 0.1) is 24.6 Å². The normalized spacial score (nSPS) is 12.4. The quantitative estimate of drug-likeness (QED) is 0.637. The number of nitrogens with zero attached hydrogens (tertiary/aromatic N) is 1. The summed E-state index contributed by atoms with van der Waals surface area (Å²) in [6, 6.07) is 16.3. The molecule has 0 aliphatic carbocycles. The van der Waals surface area contributed by atoms with E-state index in [1.54, 1.807) is 24.3 Å². The van der Waals surface area contributed by atoms with Gasteiger partial charge in [0.25, 0.3) is 0 Å². The van der Waals surface area contributed by atoms with E-state index in [9.17, 15) is 13.2 Å². The SMILES string of the molecule is CCOc1ccccc1N(CC(=O)N[C@@H](CC(C)C)c1ccccc1)S(C)(=O)=O. The zero-order valence-electron chi connectivity index (χ0n) is 17.5. The Morgan fingerprint density at radius 1 is 1.07 bits per heavy atom. The number of sulfonamides is 1. The summed E-state index contributed by atoms with van der Waals surface area (Å²) in [5.74, 6) is 0.427. The van der Waals surface area contributed by atoms with Crippen LogP contribution in [0.15, 0.2) is 54.6 Å². The summed E-state index contributed by atoms with van der Waals surface area (Å²) in [6.07, 6.45) is 1.84. The third-order valence-electron chi connectivity index (χ3n) is 4.37. The topological polar surface area (TPSA) is 75.7 Å². The van der Waals surface area contributed by atoms with Crippen molar-refractivity contribution in [2.75, 3.05) is 23.7 Å². The first-order valence-corrected chi connectivity index (χ1v) is 11.6. The Kier molecular flexibility index (Phi) is 8.08. The first kappa shape index (κ1) is 22.7. The van der Waals surface area contributed by atoms with Crippen LogP contribution in [0.2, 0.25) is 0 Å². The van der Waals surface area contributed by atoms with Gasteiger partial charge in [-0.3, -0.25) is 9.10 Å². The number of hydrogen-bond acceptors (Lipinski definition) is 4. The van der Waals surface area contributed by atoms with Crippen molar-refractivity contribution in [3.05, 3.63) is 60.2 Å². The van der Waals surface area contributed by atoms with Crippen LogP contribution in [0.25, 0.3) is 0 Å². The highest BCUT2D eigenvalue weighted by molar-refractivity contribution is 7.92. The predicted octanol–water partition coefficient (Wildman–Crippen LogP) is 3.75. The Morgan fingerprint density at radius 2 is 1.69 bits per heavy atom. The minimum atomic E-state index is -3.68. The van der Waals surface area contributed by atoms with Gasteiger partial charge >= 0.3 is 0 Å². The molecule has 1 atom stereocenters. The molecular weight excluding hydrogens is 388 g/mol. The molecule has 2 rings (SSSR count). The number of nitrogens with one attached hydrogen (secondary N) is 1. The van der Waals surface area contributed by atoms with E-state index in [0.29, 0.717) is 24.0 Å². The molecule has 0 fully saturated rings. The molecule has 0 aliphatic rings. The van der Waals surface area contributed by atoms with E-state index in [2.05, 4.69) is 19.2 Å². The number of carbonyl (C=O) groups is 1. The lowest BCUT2D eigenvalue weighted by atomic mass is 9.97. The molecule has 0 unspecified atom stereocenters. The van der Waals surface area contributed by atoms with E-state index >= 15 is 0 Å². The molecule has 7 heteroatoms. The maximum absolute atomic E-state index is 12.8. The van der Waals surface area contributed by atoms with Crippen molar-refractivity contribution >= 4 is 21.6 Å². The van der Waals surface area contributed by atoms with Gasteiger partial charge in [0.1, 0.15) is 12.3 Å². The summed E-state index contributed by atoms with van der Waals surface area (Å²) in [6.45, 7) is 6.08. The minimum absolute atomic E-state index is 0.188. The Bertz CT molecular complexity index is 898. The van der Waals surface area contributed by atoms with Gasteiger partial charge in [-0.15, -0.1) is 0 Å². The Hall–Kier alpha value is -2.54. The molecule has 0 radical (unpaired) electrons. The van der Waals surface area contributed by atoms with Gasteiger partial charge in [-0.25, -0.2) is 8.42 Å². The van der Waals surface area contributed by atoms with Crippen LogP contribution in [0.5, 0.6) is 5.75 Å². The van der Waals surface area contributed by atoms with Crippen LogP contribution >= 0.6 is 0 Å². The smallest absolute Gasteiger partial charge is 0.241 e. The lowest BCUT2D eigenvalue weighted by Crippen LogP contribution is -2.42. The highest BCUT2D eigenvalue weighted by Gasteiger charge is 2.25. The van der Waals surface area contributed by atoms with E-state index in [1.807, 2.05) is 37.3 Å². The number of hydrogen-bond donors (Lipinski definition) is 1. The maximum Gasteiger partial charge on any atom is 0.241 e. The molecule has 0 bridgehead atoms. The fraction of sp³-hybridized carbons (Fsp3) is 0.409. The fourth-order valence-electron chi connectivity index (χ4n) is 3.13. The van der Waals surface area contributed by atoms with Gasteiger partial charge in [-0.2, -0.15) is 0 Å². The largest absolute Gasteiger partial charge is 0.492 e. The molecule has 1 N–H and O–H groups in total. The zero-order chi connectivity index (χ0) is 21.4. The molecule has 0 aromatic heterocycles. The first-order chi connectivity index (χ1) is 13.7. The second-order valence-electron chi connectivity index (χ2n) is 7.33. The Balaban J connectivity index is 2.26. The van der Waals surface area contributed by atoms with Crippen molar-refractivity contribution in [3.63, 3.8) is 0 Å². The number of rotatable bonds is 10. The van der Waals surface area contributed by atoms with E-state index in [1.165, 1.54) is 0 Å². The number of benzene rings is 2. The van der Waals surface area contributed by atoms with Crippen LogP contribution < -0.4 is 14.4 Å². The van der Waals surface area contributed by atoms with Gasteiger partial charge in [0, 0.05) is 0 Å². The third kappa shape index (κ3) is 6.78. The lowest BCUT2D eigenvalue weighted by Gasteiger charge is -2.26. The van der Waals surface area contributed by atoms with Crippen molar-refractivity contribution < 1.29 is 17.9 Å². The number of anilines is 1. The van der Waals surface area contributed by atoms with Crippen LogP contribution in [-0.2, 0) is 14.8 Å². The Labute approximate surface area is 173 Å². The second kappa shape index (κ2) is 10.3. The maximum atomic E-state index is 12.8. The van der Waals surface area contributed by atoms with Crippen LogP contribution in [0, 0.1) is 5.92 Å². The molecule has 1 amide bonds.